The molecule has 1 N–H and O–H groups in total. The Kier molecular flexibility index (Phi) is 5.55. The Balaban J connectivity index is 1.53. The minimum Gasteiger partial charge on any atom is -0.456 e. The lowest BCUT2D eigenvalue weighted by molar-refractivity contribution is -0.147. The van der Waals surface area contributed by atoms with Crippen molar-refractivity contribution in [2.24, 2.45) is 0 Å². The van der Waals surface area contributed by atoms with Crippen molar-refractivity contribution in [1.82, 2.24) is 15.5 Å². The summed E-state index contributed by atoms with van der Waals surface area (Å²) < 4.78 is 23.1. The van der Waals surface area contributed by atoms with Crippen LogP contribution in [0, 0.1) is 5.82 Å². The van der Waals surface area contributed by atoms with Gasteiger partial charge in [0.1, 0.15) is 11.9 Å². The second-order valence-corrected chi connectivity index (χ2v) is 5.69. The summed E-state index contributed by atoms with van der Waals surface area (Å²) in [6, 6.07) is 13.2. The second kappa shape index (κ2) is 8.22. The van der Waals surface area contributed by atoms with Gasteiger partial charge in [-0.2, -0.15) is 4.98 Å². The molecule has 0 radical (unpaired) electrons. The highest BCUT2D eigenvalue weighted by Crippen LogP contribution is 2.17. The Morgan fingerprint density at radius 3 is 2.56 bits per heavy atom. The number of aromatic nitrogens is 2. The molecule has 8 heteroatoms. The fourth-order valence-electron chi connectivity index (χ4n) is 2.21. The van der Waals surface area contributed by atoms with Crippen molar-refractivity contribution in [2.75, 3.05) is 0 Å². The molecule has 1 heterocycles. The maximum Gasteiger partial charge on any atom is 0.328 e. The van der Waals surface area contributed by atoms with Crippen molar-refractivity contribution in [3.63, 3.8) is 0 Å². The number of halogens is 1. The Labute approximate surface area is 154 Å². The maximum atomic E-state index is 12.9. The van der Waals surface area contributed by atoms with Gasteiger partial charge in [0.15, 0.2) is 6.61 Å². The predicted molar refractivity (Wildman–Crippen MR) is 92.9 cm³/mol. The average Bonchev–Trinajstić information content (AvgIpc) is 3.16. The van der Waals surface area contributed by atoms with Gasteiger partial charge in [-0.3, -0.25) is 4.79 Å². The van der Waals surface area contributed by atoms with E-state index in [2.05, 4.69) is 15.5 Å². The third-order valence-corrected chi connectivity index (χ3v) is 3.64. The van der Waals surface area contributed by atoms with E-state index in [4.69, 9.17) is 9.26 Å². The molecule has 0 bridgehead atoms. The van der Waals surface area contributed by atoms with E-state index in [9.17, 15) is 14.0 Å². The van der Waals surface area contributed by atoms with Gasteiger partial charge in [-0.1, -0.05) is 23.4 Å². The highest BCUT2D eigenvalue weighted by atomic mass is 19.1. The van der Waals surface area contributed by atoms with Gasteiger partial charge in [0, 0.05) is 11.1 Å². The van der Waals surface area contributed by atoms with Crippen molar-refractivity contribution in [3.05, 3.63) is 71.8 Å². The van der Waals surface area contributed by atoms with Crippen LogP contribution in [0.4, 0.5) is 4.39 Å². The van der Waals surface area contributed by atoms with Crippen LogP contribution in [0.5, 0.6) is 0 Å². The minimum absolute atomic E-state index is 0.157. The molecule has 1 amide bonds. The first-order valence-corrected chi connectivity index (χ1v) is 8.14. The summed E-state index contributed by atoms with van der Waals surface area (Å²) in [5, 5.41) is 6.27. The molecular weight excluding hydrogens is 353 g/mol. The molecule has 27 heavy (non-hydrogen) atoms. The van der Waals surface area contributed by atoms with E-state index >= 15 is 0 Å². The zero-order valence-electron chi connectivity index (χ0n) is 14.4. The Morgan fingerprint density at radius 2 is 1.85 bits per heavy atom. The number of hydrogen-bond donors (Lipinski definition) is 1. The molecule has 138 valence electrons. The molecule has 0 spiro atoms. The molecule has 3 aromatic rings. The number of carbonyl (C=O) groups is 2. The lowest BCUT2D eigenvalue weighted by atomic mass is 10.2. The first kappa shape index (κ1) is 18.2. The molecule has 3 rings (SSSR count). The number of esters is 1. The van der Waals surface area contributed by atoms with Crippen LogP contribution in [0.3, 0.4) is 0 Å². The van der Waals surface area contributed by atoms with Gasteiger partial charge in [-0.25, -0.2) is 9.18 Å². The molecule has 0 saturated heterocycles. The van der Waals surface area contributed by atoms with Crippen LogP contribution in [0.25, 0.3) is 11.5 Å². The zero-order valence-corrected chi connectivity index (χ0v) is 14.4. The summed E-state index contributed by atoms with van der Waals surface area (Å²) in [7, 11) is 0. The van der Waals surface area contributed by atoms with Crippen molar-refractivity contribution in [3.8, 4) is 11.5 Å². The molecule has 0 aliphatic heterocycles. The SMILES string of the molecule is C[C@H](NC(=O)c1ccccc1)C(=O)OCc1noc(-c2ccc(F)cc2)n1. The van der Waals surface area contributed by atoms with E-state index in [0.717, 1.165) is 0 Å². The summed E-state index contributed by atoms with van der Waals surface area (Å²) >= 11 is 0. The Bertz CT molecular complexity index is 926. The van der Waals surface area contributed by atoms with Gasteiger partial charge in [0.25, 0.3) is 11.8 Å². The van der Waals surface area contributed by atoms with E-state index in [-0.39, 0.29) is 30.0 Å². The molecule has 2 aromatic carbocycles. The highest BCUT2D eigenvalue weighted by Gasteiger charge is 2.19. The van der Waals surface area contributed by atoms with E-state index < -0.39 is 12.0 Å². The lowest BCUT2D eigenvalue weighted by Crippen LogP contribution is -2.39. The number of nitrogens with one attached hydrogen (secondary N) is 1. The summed E-state index contributed by atoms with van der Waals surface area (Å²) in [5.74, 6) is -1.04. The number of nitrogens with zero attached hydrogens (tertiary/aromatic N) is 2. The summed E-state index contributed by atoms with van der Waals surface area (Å²) in [4.78, 5) is 28.2. The van der Waals surface area contributed by atoms with Crippen LogP contribution in [0.1, 0.15) is 23.1 Å². The van der Waals surface area contributed by atoms with E-state index in [0.29, 0.717) is 11.1 Å². The van der Waals surface area contributed by atoms with E-state index in [1.54, 1.807) is 30.3 Å². The van der Waals surface area contributed by atoms with Crippen molar-refractivity contribution < 1.29 is 23.2 Å². The standard InChI is InChI=1S/C19H16FN3O4/c1-12(21-17(24)13-5-3-2-4-6-13)19(25)26-11-16-22-18(27-23-16)14-7-9-15(20)10-8-14/h2-10,12H,11H2,1H3,(H,21,24)/t12-/m0/s1. The van der Waals surface area contributed by atoms with Gasteiger partial charge in [0.05, 0.1) is 0 Å². The first-order valence-electron chi connectivity index (χ1n) is 8.14. The number of carbonyl (C=O) groups excluding carboxylic acids is 2. The van der Waals surface area contributed by atoms with Gasteiger partial charge in [-0.05, 0) is 43.3 Å². The first-order chi connectivity index (χ1) is 13.0. The van der Waals surface area contributed by atoms with Gasteiger partial charge >= 0.3 is 5.97 Å². The number of ether oxygens (including phenoxy) is 1. The number of benzene rings is 2. The molecule has 0 unspecified atom stereocenters. The normalized spacial score (nSPS) is 11.6. The molecule has 7 nitrogen and oxygen atoms in total. The van der Waals surface area contributed by atoms with Crippen LogP contribution >= 0.6 is 0 Å². The van der Waals surface area contributed by atoms with Crippen LogP contribution in [0.2, 0.25) is 0 Å². The van der Waals surface area contributed by atoms with Crippen LogP contribution in [-0.2, 0) is 16.1 Å². The Morgan fingerprint density at radius 1 is 1.15 bits per heavy atom. The summed E-state index contributed by atoms with van der Waals surface area (Å²) in [6.07, 6.45) is 0. The predicted octanol–water partition coefficient (Wildman–Crippen LogP) is 2.74. The molecule has 0 aliphatic rings. The fourth-order valence-corrected chi connectivity index (χ4v) is 2.21. The van der Waals surface area contributed by atoms with Gasteiger partial charge in [-0.15, -0.1) is 0 Å². The maximum absolute atomic E-state index is 12.9. The zero-order chi connectivity index (χ0) is 19.2. The number of amides is 1. The Hall–Kier alpha value is -3.55. The molecular formula is C19H16FN3O4. The van der Waals surface area contributed by atoms with E-state index in [1.165, 1.54) is 31.2 Å². The molecule has 0 saturated carbocycles. The van der Waals surface area contributed by atoms with Crippen molar-refractivity contribution >= 4 is 11.9 Å². The number of hydrogen-bond acceptors (Lipinski definition) is 6. The van der Waals surface area contributed by atoms with Crippen molar-refractivity contribution in [2.45, 2.75) is 19.6 Å². The summed E-state index contributed by atoms with van der Waals surface area (Å²) in [6.45, 7) is 1.30. The average molecular weight is 369 g/mol. The molecule has 0 aliphatic carbocycles. The largest absolute Gasteiger partial charge is 0.456 e. The third kappa shape index (κ3) is 4.75. The van der Waals surface area contributed by atoms with Crippen LogP contribution in [0.15, 0.2) is 59.1 Å². The third-order valence-electron chi connectivity index (χ3n) is 3.64. The van der Waals surface area contributed by atoms with Crippen LogP contribution < -0.4 is 5.32 Å². The number of rotatable bonds is 6. The van der Waals surface area contributed by atoms with Gasteiger partial charge < -0.3 is 14.6 Å². The molecule has 1 aromatic heterocycles. The van der Waals surface area contributed by atoms with E-state index in [1.807, 2.05) is 0 Å². The summed E-state index contributed by atoms with van der Waals surface area (Å²) in [5.41, 5.74) is 0.990. The fraction of sp³-hybridized carbons (Fsp3) is 0.158. The van der Waals surface area contributed by atoms with Crippen LogP contribution in [-0.4, -0.2) is 28.1 Å². The minimum atomic E-state index is -0.846. The topological polar surface area (TPSA) is 94.3 Å². The quantitative estimate of drug-likeness (QED) is 0.672. The molecule has 1 atom stereocenters. The smallest absolute Gasteiger partial charge is 0.328 e. The van der Waals surface area contributed by atoms with Crippen molar-refractivity contribution in [1.29, 1.82) is 0 Å². The second-order valence-electron chi connectivity index (χ2n) is 5.69. The van der Waals surface area contributed by atoms with Gasteiger partial charge in [0.2, 0.25) is 5.82 Å². The monoisotopic (exact) mass is 369 g/mol. The lowest BCUT2D eigenvalue weighted by Gasteiger charge is -2.12. The molecule has 0 fully saturated rings. The highest BCUT2D eigenvalue weighted by molar-refractivity contribution is 5.96.